The molecular formula is C17H22N4S. The van der Waals surface area contributed by atoms with Crippen molar-refractivity contribution in [2.24, 2.45) is 0 Å². The van der Waals surface area contributed by atoms with Crippen LogP contribution < -0.4 is 10.6 Å². The first-order valence-electron chi connectivity index (χ1n) is 7.31. The van der Waals surface area contributed by atoms with E-state index < -0.39 is 0 Å². The highest BCUT2D eigenvalue weighted by atomic mass is 32.1. The van der Waals surface area contributed by atoms with Gasteiger partial charge in [-0.1, -0.05) is 30.3 Å². The number of thiocarbonyl (C=S) groups is 1. The molecule has 1 atom stereocenters. The van der Waals surface area contributed by atoms with Crippen LogP contribution in [-0.2, 0) is 0 Å². The van der Waals surface area contributed by atoms with E-state index in [0.29, 0.717) is 5.11 Å². The molecule has 2 rings (SSSR count). The third-order valence-electron chi connectivity index (χ3n) is 3.29. The van der Waals surface area contributed by atoms with Crippen LogP contribution in [0.15, 0.2) is 54.9 Å². The fourth-order valence-electron chi connectivity index (χ4n) is 2.14. The molecule has 22 heavy (non-hydrogen) atoms. The first-order valence-corrected chi connectivity index (χ1v) is 7.71. The molecule has 1 aromatic heterocycles. The second-order valence-electron chi connectivity index (χ2n) is 5.33. The van der Waals surface area contributed by atoms with Crippen molar-refractivity contribution in [3.63, 3.8) is 0 Å². The average molecular weight is 314 g/mol. The Morgan fingerprint density at radius 2 is 1.73 bits per heavy atom. The number of aromatic nitrogens is 1. The summed E-state index contributed by atoms with van der Waals surface area (Å²) in [6, 6.07) is 14.3. The normalized spacial score (nSPS) is 12.0. The number of likely N-dealkylation sites (N-methyl/N-ethyl adjacent to an activating group) is 1. The predicted octanol–water partition coefficient (Wildman–Crippen LogP) is 2.20. The zero-order valence-corrected chi connectivity index (χ0v) is 13.8. The van der Waals surface area contributed by atoms with E-state index in [1.165, 1.54) is 5.56 Å². The molecule has 1 aromatic carbocycles. The minimum atomic E-state index is 0.0172. The van der Waals surface area contributed by atoms with Gasteiger partial charge in [0, 0.05) is 25.5 Å². The summed E-state index contributed by atoms with van der Waals surface area (Å²) in [5.74, 6) is 0. The van der Waals surface area contributed by atoms with Crippen LogP contribution in [0.4, 0.5) is 0 Å². The van der Waals surface area contributed by atoms with Gasteiger partial charge in [0.05, 0.1) is 6.04 Å². The maximum Gasteiger partial charge on any atom is 0.167 e. The zero-order valence-electron chi connectivity index (χ0n) is 13.0. The minimum absolute atomic E-state index is 0.0172. The maximum atomic E-state index is 5.43. The molecule has 0 unspecified atom stereocenters. The molecule has 0 amide bonds. The van der Waals surface area contributed by atoms with Crippen molar-refractivity contribution in [3.8, 4) is 0 Å². The lowest BCUT2D eigenvalue weighted by atomic mass is 10.00. The summed E-state index contributed by atoms with van der Waals surface area (Å²) in [5.41, 5.74) is 2.31. The average Bonchev–Trinajstić information content (AvgIpc) is 2.54. The molecule has 0 aliphatic carbocycles. The van der Waals surface area contributed by atoms with E-state index in [-0.39, 0.29) is 6.04 Å². The van der Waals surface area contributed by atoms with Crippen molar-refractivity contribution in [3.05, 3.63) is 66.0 Å². The standard InChI is InChI=1S/C17H22N4S/c1-21(2)13-12-19-17(22)20-16(14-6-4-3-5-7-14)15-8-10-18-11-9-15/h3-11,16H,12-13H2,1-2H3,(H2,19,20,22)/t16-/m1/s1. The molecule has 0 saturated heterocycles. The van der Waals surface area contributed by atoms with E-state index in [2.05, 4.69) is 32.7 Å². The van der Waals surface area contributed by atoms with Crippen LogP contribution in [0.2, 0.25) is 0 Å². The lowest BCUT2D eigenvalue weighted by Gasteiger charge is -2.22. The molecule has 0 saturated carbocycles. The van der Waals surface area contributed by atoms with Crippen LogP contribution >= 0.6 is 12.2 Å². The molecule has 116 valence electrons. The van der Waals surface area contributed by atoms with Crippen molar-refractivity contribution < 1.29 is 0 Å². The van der Waals surface area contributed by atoms with E-state index in [1.54, 1.807) is 12.4 Å². The van der Waals surface area contributed by atoms with Gasteiger partial charge < -0.3 is 15.5 Å². The SMILES string of the molecule is CN(C)CCNC(=S)N[C@H](c1ccccc1)c1ccncc1. The van der Waals surface area contributed by atoms with Gasteiger partial charge in [-0.2, -0.15) is 0 Å². The number of benzene rings is 1. The predicted molar refractivity (Wildman–Crippen MR) is 94.8 cm³/mol. The quantitative estimate of drug-likeness (QED) is 0.800. The summed E-state index contributed by atoms with van der Waals surface area (Å²) >= 11 is 5.43. The maximum absolute atomic E-state index is 5.43. The van der Waals surface area contributed by atoms with Crippen LogP contribution in [0, 0.1) is 0 Å². The van der Waals surface area contributed by atoms with Crippen LogP contribution in [0.1, 0.15) is 17.2 Å². The first kappa shape index (κ1) is 16.4. The molecule has 0 bridgehead atoms. The topological polar surface area (TPSA) is 40.2 Å². The Bertz CT molecular complexity index is 532. The van der Waals surface area contributed by atoms with Crippen molar-refractivity contribution in [2.45, 2.75) is 6.04 Å². The van der Waals surface area contributed by atoms with Gasteiger partial charge in [0.15, 0.2) is 5.11 Å². The van der Waals surface area contributed by atoms with Gasteiger partial charge >= 0.3 is 0 Å². The third-order valence-corrected chi connectivity index (χ3v) is 3.55. The van der Waals surface area contributed by atoms with E-state index in [1.807, 2.05) is 44.4 Å². The number of hydrogen-bond acceptors (Lipinski definition) is 3. The van der Waals surface area contributed by atoms with Gasteiger partial charge in [0.1, 0.15) is 0 Å². The highest BCUT2D eigenvalue weighted by molar-refractivity contribution is 7.80. The van der Waals surface area contributed by atoms with Crippen molar-refractivity contribution >= 4 is 17.3 Å². The Hall–Kier alpha value is -1.98. The number of hydrogen-bond donors (Lipinski definition) is 2. The van der Waals surface area contributed by atoms with E-state index in [4.69, 9.17) is 12.2 Å². The summed E-state index contributed by atoms with van der Waals surface area (Å²) in [7, 11) is 4.09. The first-order chi connectivity index (χ1) is 10.7. The third kappa shape index (κ3) is 5.09. The monoisotopic (exact) mass is 314 g/mol. The fraction of sp³-hybridized carbons (Fsp3) is 0.294. The minimum Gasteiger partial charge on any atom is -0.361 e. The Kier molecular flexibility index (Phi) is 6.30. The van der Waals surface area contributed by atoms with Gasteiger partial charge in [0.2, 0.25) is 0 Å². The lowest BCUT2D eigenvalue weighted by molar-refractivity contribution is 0.412. The molecule has 0 aliphatic heterocycles. The summed E-state index contributed by atoms with van der Waals surface area (Å²) in [4.78, 5) is 6.21. The molecule has 2 N–H and O–H groups in total. The highest BCUT2D eigenvalue weighted by Crippen LogP contribution is 2.21. The van der Waals surface area contributed by atoms with Gasteiger partial charge in [0.25, 0.3) is 0 Å². The Labute approximate surface area is 137 Å². The second-order valence-corrected chi connectivity index (χ2v) is 5.74. The number of rotatable bonds is 6. The Morgan fingerprint density at radius 3 is 2.36 bits per heavy atom. The van der Waals surface area contributed by atoms with E-state index >= 15 is 0 Å². The molecule has 0 spiro atoms. The zero-order chi connectivity index (χ0) is 15.8. The largest absolute Gasteiger partial charge is 0.361 e. The smallest absolute Gasteiger partial charge is 0.167 e. The molecule has 4 nitrogen and oxygen atoms in total. The second kappa shape index (κ2) is 8.46. The molecule has 5 heteroatoms. The van der Waals surface area contributed by atoms with Gasteiger partial charge in [-0.25, -0.2) is 0 Å². The Morgan fingerprint density at radius 1 is 1.09 bits per heavy atom. The van der Waals surface area contributed by atoms with Crippen LogP contribution in [0.25, 0.3) is 0 Å². The number of pyridine rings is 1. The molecule has 2 aromatic rings. The van der Waals surface area contributed by atoms with Gasteiger partial charge in [-0.15, -0.1) is 0 Å². The highest BCUT2D eigenvalue weighted by Gasteiger charge is 2.14. The van der Waals surface area contributed by atoms with Gasteiger partial charge in [-0.3, -0.25) is 4.98 Å². The van der Waals surface area contributed by atoms with Crippen molar-refractivity contribution in [1.29, 1.82) is 0 Å². The molecule has 0 aliphatic rings. The molecular weight excluding hydrogens is 292 g/mol. The lowest BCUT2D eigenvalue weighted by Crippen LogP contribution is -2.40. The van der Waals surface area contributed by atoms with E-state index in [0.717, 1.165) is 18.7 Å². The Balaban J connectivity index is 2.08. The summed E-state index contributed by atoms with van der Waals surface area (Å²) in [6.07, 6.45) is 3.60. The summed E-state index contributed by atoms with van der Waals surface area (Å²) in [6.45, 7) is 1.75. The number of nitrogens with zero attached hydrogens (tertiary/aromatic N) is 2. The van der Waals surface area contributed by atoms with Crippen LogP contribution in [-0.4, -0.2) is 42.2 Å². The van der Waals surface area contributed by atoms with Crippen molar-refractivity contribution in [2.75, 3.05) is 27.2 Å². The number of nitrogens with one attached hydrogen (secondary N) is 2. The van der Waals surface area contributed by atoms with E-state index in [9.17, 15) is 0 Å². The van der Waals surface area contributed by atoms with Crippen LogP contribution in [0.5, 0.6) is 0 Å². The molecule has 1 heterocycles. The fourth-order valence-corrected chi connectivity index (χ4v) is 2.36. The summed E-state index contributed by atoms with van der Waals surface area (Å²) < 4.78 is 0. The molecule has 0 radical (unpaired) electrons. The van der Waals surface area contributed by atoms with Gasteiger partial charge in [-0.05, 0) is 49.6 Å². The van der Waals surface area contributed by atoms with Crippen molar-refractivity contribution in [1.82, 2.24) is 20.5 Å². The summed E-state index contributed by atoms with van der Waals surface area (Å²) in [5, 5.41) is 7.30. The molecule has 0 fully saturated rings. The van der Waals surface area contributed by atoms with Crippen LogP contribution in [0.3, 0.4) is 0 Å².